The van der Waals surface area contributed by atoms with Crippen molar-refractivity contribution in [2.75, 3.05) is 18.9 Å². The number of amides is 1. The van der Waals surface area contributed by atoms with Gasteiger partial charge in [0.25, 0.3) is 0 Å². The fraction of sp³-hybridized carbons (Fsp3) is 0.235. The van der Waals surface area contributed by atoms with Crippen LogP contribution in [-0.2, 0) is 14.8 Å². The molecule has 134 valence electrons. The lowest BCUT2D eigenvalue weighted by Gasteiger charge is -2.18. The highest BCUT2D eigenvalue weighted by molar-refractivity contribution is 7.89. The minimum atomic E-state index is -4.12. The van der Waals surface area contributed by atoms with Gasteiger partial charge in [-0.2, -0.15) is 4.31 Å². The van der Waals surface area contributed by atoms with Crippen molar-refractivity contribution in [3.8, 4) is 0 Å². The molecule has 0 aliphatic heterocycles. The summed E-state index contributed by atoms with van der Waals surface area (Å²) < 4.78 is 51.8. The highest BCUT2D eigenvalue weighted by Crippen LogP contribution is 2.20. The van der Waals surface area contributed by atoms with Gasteiger partial charge in [0.15, 0.2) is 11.6 Å². The number of aryl methyl sites for hydroxylation is 2. The van der Waals surface area contributed by atoms with Gasteiger partial charge >= 0.3 is 0 Å². The van der Waals surface area contributed by atoms with Gasteiger partial charge in [-0.05, 0) is 43.2 Å². The van der Waals surface area contributed by atoms with Crippen molar-refractivity contribution in [2.45, 2.75) is 18.7 Å². The average Bonchev–Trinajstić information content (AvgIpc) is 2.53. The van der Waals surface area contributed by atoms with Gasteiger partial charge in [0, 0.05) is 12.7 Å². The Labute approximate surface area is 145 Å². The first-order valence-electron chi connectivity index (χ1n) is 7.40. The van der Waals surface area contributed by atoms with Crippen LogP contribution in [0.1, 0.15) is 11.1 Å². The monoisotopic (exact) mass is 368 g/mol. The first-order chi connectivity index (χ1) is 11.6. The van der Waals surface area contributed by atoms with E-state index in [0.29, 0.717) is 11.8 Å². The second kappa shape index (κ2) is 7.28. The molecule has 0 radical (unpaired) electrons. The van der Waals surface area contributed by atoms with Crippen molar-refractivity contribution in [3.05, 3.63) is 59.2 Å². The minimum Gasteiger partial charge on any atom is -0.324 e. The van der Waals surface area contributed by atoms with Crippen LogP contribution in [0.3, 0.4) is 0 Å². The number of carbonyl (C=O) groups is 1. The maximum absolute atomic E-state index is 13.3. The lowest BCUT2D eigenvalue weighted by Crippen LogP contribution is -2.35. The van der Waals surface area contributed by atoms with E-state index in [-0.39, 0.29) is 0 Å². The molecule has 2 aromatic carbocycles. The molecule has 0 unspecified atom stereocenters. The predicted molar refractivity (Wildman–Crippen MR) is 90.7 cm³/mol. The number of anilines is 1. The molecule has 8 heteroatoms. The number of halogens is 2. The number of rotatable bonds is 5. The number of carbonyl (C=O) groups excluding carboxylic acids is 1. The molecule has 0 bridgehead atoms. The number of benzene rings is 2. The Kier molecular flexibility index (Phi) is 5.54. The van der Waals surface area contributed by atoms with E-state index in [1.54, 1.807) is 0 Å². The SMILES string of the molecule is Cc1cccc(C)c1NC(=O)CN(C)S(=O)(=O)c1ccc(F)c(F)c1. The second-order valence-electron chi connectivity index (χ2n) is 5.65. The standard InChI is InChI=1S/C17H18F2N2O3S/c1-11-5-4-6-12(2)17(11)20-16(22)10-21(3)25(23,24)13-7-8-14(18)15(19)9-13/h4-9H,10H2,1-3H3,(H,20,22). The molecule has 0 spiro atoms. The highest BCUT2D eigenvalue weighted by Gasteiger charge is 2.24. The van der Waals surface area contributed by atoms with E-state index in [4.69, 9.17) is 0 Å². The van der Waals surface area contributed by atoms with E-state index in [9.17, 15) is 22.0 Å². The van der Waals surface area contributed by atoms with Crippen LogP contribution in [0.25, 0.3) is 0 Å². The summed E-state index contributed by atoms with van der Waals surface area (Å²) in [6, 6.07) is 7.76. The van der Waals surface area contributed by atoms with Crippen molar-refractivity contribution in [1.82, 2.24) is 4.31 Å². The summed E-state index contributed by atoms with van der Waals surface area (Å²) in [7, 11) is -2.92. The summed E-state index contributed by atoms with van der Waals surface area (Å²) in [5, 5.41) is 2.67. The van der Waals surface area contributed by atoms with E-state index < -0.39 is 39.0 Å². The third-order valence-electron chi connectivity index (χ3n) is 3.71. The molecule has 0 atom stereocenters. The second-order valence-corrected chi connectivity index (χ2v) is 7.70. The Morgan fingerprint density at radius 1 is 1.08 bits per heavy atom. The number of sulfonamides is 1. The molecule has 0 aromatic heterocycles. The fourth-order valence-corrected chi connectivity index (χ4v) is 3.43. The first-order valence-corrected chi connectivity index (χ1v) is 8.84. The van der Waals surface area contributed by atoms with Crippen LogP contribution in [0, 0.1) is 25.5 Å². The number of hydrogen-bond acceptors (Lipinski definition) is 3. The fourth-order valence-electron chi connectivity index (χ4n) is 2.30. The van der Waals surface area contributed by atoms with Crippen molar-refractivity contribution < 1.29 is 22.0 Å². The van der Waals surface area contributed by atoms with Gasteiger partial charge in [0.1, 0.15) is 0 Å². The number of hydrogen-bond donors (Lipinski definition) is 1. The Bertz CT molecular complexity index is 894. The summed E-state index contributed by atoms with van der Waals surface area (Å²) in [5.41, 5.74) is 2.31. The molecule has 5 nitrogen and oxygen atoms in total. The molecule has 0 saturated carbocycles. The maximum Gasteiger partial charge on any atom is 0.243 e. The van der Waals surface area contributed by atoms with Crippen LogP contribution in [0.15, 0.2) is 41.3 Å². The Hall–Kier alpha value is -2.32. The van der Waals surface area contributed by atoms with Crippen LogP contribution < -0.4 is 5.32 Å². The largest absolute Gasteiger partial charge is 0.324 e. The first kappa shape index (κ1) is 19.0. The van der Waals surface area contributed by atoms with Crippen LogP contribution in [0.2, 0.25) is 0 Å². The van der Waals surface area contributed by atoms with Gasteiger partial charge in [-0.15, -0.1) is 0 Å². The molecule has 1 amide bonds. The summed E-state index contributed by atoms with van der Waals surface area (Å²) in [6.07, 6.45) is 0. The topological polar surface area (TPSA) is 66.5 Å². The van der Waals surface area contributed by atoms with Gasteiger partial charge < -0.3 is 5.32 Å². The molecule has 0 heterocycles. The van der Waals surface area contributed by atoms with E-state index >= 15 is 0 Å². The van der Waals surface area contributed by atoms with Gasteiger partial charge in [-0.25, -0.2) is 17.2 Å². The number of nitrogens with zero attached hydrogens (tertiary/aromatic N) is 1. The van der Waals surface area contributed by atoms with Crippen LogP contribution in [0.4, 0.5) is 14.5 Å². The summed E-state index contributed by atoms with van der Waals surface area (Å²) in [5.74, 6) is -2.95. The summed E-state index contributed by atoms with van der Waals surface area (Å²) in [6.45, 7) is 3.18. The lowest BCUT2D eigenvalue weighted by molar-refractivity contribution is -0.116. The van der Waals surface area contributed by atoms with E-state index in [1.807, 2.05) is 32.0 Å². The normalized spacial score (nSPS) is 11.6. The third kappa shape index (κ3) is 4.21. The predicted octanol–water partition coefficient (Wildman–Crippen LogP) is 2.84. The van der Waals surface area contributed by atoms with E-state index in [2.05, 4.69) is 5.32 Å². The Balaban J connectivity index is 2.16. The van der Waals surface area contributed by atoms with Crippen molar-refractivity contribution >= 4 is 21.6 Å². The maximum atomic E-state index is 13.3. The molecular formula is C17H18F2N2O3S. The molecule has 25 heavy (non-hydrogen) atoms. The summed E-state index contributed by atoms with van der Waals surface area (Å²) in [4.78, 5) is 11.8. The van der Waals surface area contributed by atoms with Crippen molar-refractivity contribution in [1.29, 1.82) is 0 Å². The molecule has 2 aromatic rings. The number of likely N-dealkylation sites (N-methyl/N-ethyl adjacent to an activating group) is 1. The zero-order valence-corrected chi connectivity index (χ0v) is 14.8. The van der Waals surface area contributed by atoms with Crippen molar-refractivity contribution in [3.63, 3.8) is 0 Å². The smallest absolute Gasteiger partial charge is 0.243 e. The molecule has 0 fully saturated rings. The number of para-hydroxylation sites is 1. The van der Waals surface area contributed by atoms with Crippen LogP contribution >= 0.6 is 0 Å². The molecule has 0 aliphatic carbocycles. The van der Waals surface area contributed by atoms with Crippen LogP contribution in [-0.4, -0.2) is 32.2 Å². The molecular weight excluding hydrogens is 350 g/mol. The molecule has 0 saturated heterocycles. The van der Waals surface area contributed by atoms with Gasteiger partial charge in [0.05, 0.1) is 11.4 Å². The quantitative estimate of drug-likeness (QED) is 0.883. The van der Waals surface area contributed by atoms with E-state index in [1.165, 1.54) is 7.05 Å². The highest BCUT2D eigenvalue weighted by atomic mass is 32.2. The Morgan fingerprint density at radius 3 is 2.24 bits per heavy atom. The zero-order valence-electron chi connectivity index (χ0n) is 14.0. The van der Waals surface area contributed by atoms with Gasteiger partial charge in [-0.1, -0.05) is 18.2 Å². The number of nitrogens with one attached hydrogen (secondary N) is 1. The van der Waals surface area contributed by atoms with Crippen molar-refractivity contribution in [2.24, 2.45) is 0 Å². The third-order valence-corrected chi connectivity index (χ3v) is 5.51. The van der Waals surface area contributed by atoms with Crippen LogP contribution in [0.5, 0.6) is 0 Å². The van der Waals surface area contributed by atoms with Gasteiger partial charge in [0.2, 0.25) is 15.9 Å². The molecule has 0 aliphatic rings. The Morgan fingerprint density at radius 2 is 1.68 bits per heavy atom. The summed E-state index contributed by atoms with van der Waals surface area (Å²) >= 11 is 0. The zero-order chi connectivity index (χ0) is 18.8. The average molecular weight is 368 g/mol. The minimum absolute atomic E-state index is 0.422. The van der Waals surface area contributed by atoms with Gasteiger partial charge in [-0.3, -0.25) is 4.79 Å². The molecule has 2 rings (SSSR count). The lowest BCUT2D eigenvalue weighted by atomic mass is 10.1. The molecule has 1 N–H and O–H groups in total. The van der Waals surface area contributed by atoms with E-state index in [0.717, 1.165) is 27.6 Å².